The molecule has 2 aliphatic rings. The molecule has 3 rings (SSSR count). The zero-order valence-electron chi connectivity index (χ0n) is 14.5. The van der Waals surface area contributed by atoms with E-state index in [1.807, 2.05) is 24.8 Å². The molecule has 1 amide bonds. The molecule has 2 atom stereocenters. The van der Waals surface area contributed by atoms with Gasteiger partial charge in [-0.15, -0.1) is 0 Å². The molecule has 2 unspecified atom stereocenters. The van der Waals surface area contributed by atoms with E-state index in [1.54, 1.807) is 12.1 Å². The Kier molecular flexibility index (Phi) is 5.41. The summed E-state index contributed by atoms with van der Waals surface area (Å²) in [7, 11) is 0. The van der Waals surface area contributed by atoms with Gasteiger partial charge in [0, 0.05) is 19.7 Å². The van der Waals surface area contributed by atoms with Crippen molar-refractivity contribution in [3.8, 4) is 5.75 Å². The van der Waals surface area contributed by atoms with E-state index in [9.17, 15) is 9.90 Å². The lowest BCUT2D eigenvalue weighted by molar-refractivity contribution is -0.150. The minimum Gasteiger partial charge on any atom is -0.508 e. The number of fused-ring (bicyclic) bond motifs is 1. The maximum atomic E-state index is 12.9. The summed E-state index contributed by atoms with van der Waals surface area (Å²) in [4.78, 5) is 14.8. The predicted octanol–water partition coefficient (Wildman–Crippen LogP) is 2.50. The minimum atomic E-state index is -0.437. The van der Waals surface area contributed by atoms with Crippen molar-refractivity contribution < 1.29 is 19.4 Å². The maximum absolute atomic E-state index is 12.9. The van der Waals surface area contributed by atoms with Gasteiger partial charge in [0.1, 0.15) is 11.9 Å². The smallest absolute Gasteiger partial charge is 0.252 e. The molecule has 0 spiro atoms. The van der Waals surface area contributed by atoms with Gasteiger partial charge < -0.3 is 19.5 Å². The highest BCUT2D eigenvalue weighted by molar-refractivity contribution is 5.81. The van der Waals surface area contributed by atoms with E-state index in [4.69, 9.17) is 9.47 Å². The lowest BCUT2D eigenvalue weighted by Crippen LogP contribution is -2.45. The van der Waals surface area contributed by atoms with Gasteiger partial charge in [-0.2, -0.15) is 0 Å². The number of phenolic OH excluding ortho intramolecular Hbond substituents is 1. The standard InChI is InChI=1S/C19H27NO4/c1-13(2)18(24-12-17-4-3-9-23-17)19(22)20-8-7-14-5-6-16(21)10-15(14)11-20/h5-6,10,13,17-18,21H,3-4,7-9,11-12H2,1-2H3. The van der Waals surface area contributed by atoms with Crippen molar-refractivity contribution in [1.29, 1.82) is 0 Å². The van der Waals surface area contributed by atoms with Crippen LogP contribution < -0.4 is 0 Å². The van der Waals surface area contributed by atoms with Gasteiger partial charge in [-0.1, -0.05) is 19.9 Å². The van der Waals surface area contributed by atoms with E-state index in [1.165, 1.54) is 5.56 Å². The van der Waals surface area contributed by atoms with Crippen molar-refractivity contribution in [3.05, 3.63) is 29.3 Å². The van der Waals surface area contributed by atoms with Crippen LogP contribution in [-0.2, 0) is 27.2 Å². The summed E-state index contributed by atoms with van der Waals surface area (Å²) >= 11 is 0. The van der Waals surface area contributed by atoms with E-state index < -0.39 is 6.10 Å². The van der Waals surface area contributed by atoms with Gasteiger partial charge in [0.05, 0.1) is 12.7 Å². The Hall–Kier alpha value is -1.59. The number of aromatic hydroxyl groups is 1. The van der Waals surface area contributed by atoms with Gasteiger partial charge in [0.25, 0.3) is 5.91 Å². The summed E-state index contributed by atoms with van der Waals surface area (Å²) < 4.78 is 11.5. The minimum absolute atomic E-state index is 0.0389. The first-order valence-corrected chi connectivity index (χ1v) is 8.87. The molecule has 1 saturated heterocycles. The van der Waals surface area contributed by atoms with Crippen LogP contribution in [0.15, 0.2) is 18.2 Å². The van der Waals surface area contributed by atoms with Crippen LogP contribution in [0.3, 0.4) is 0 Å². The van der Waals surface area contributed by atoms with Crippen molar-refractivity contribution >= 4 is 5.91 Å². The molecule has 0 aliphatic carbocycles. The summed E-state index contributed by atoms with van der Waals surface area (Å²) in [5.74, 6) is 0.402. The monoisotopic (exact) mass is 333 g/mol. The number of benzene rings is 1. The summed E-state index contributed by atoms with van der Waals surface area (Å²) in [6, 6.07) is 5.41. The van der Waals surface area contributed by atoms with Gasteiger partial charge in [-0.25, -0.2) is 0 Å². The first-order valence-electron chi connectivity index (χ1n) is 8.87. The summed E-state index contributed by atoms with van der Waals surface area (Å²) in [6.45, 7) is 6.54. The second-order valence-corrected chi connectivity index (χ2v) is 7.10. The van der Waals surface area contributed by atoms with E-state index in [2.05, 4.69) is 0 Å². The Morgan fingerprint density at radius 2 is 2.25 bits per heavy atom. The van der Waals surface area contributed by atoms with Gasteiger partial charge in [0.2, 0.25) is 0 Å². The van der Waals surface area contributed by atoms with Crippen LogP contribution in [-0.4, -0.2) is 47.9 Å². The summed E-state index contributed by atoms with van der Waals surface area (Å²) in [5.41, 5.74) is 2.23. The van der Waals surface area contributed by atoms with E-state index in [0.717, 1.165) is 31.4 Å². The van der Waals surface area contributed by atoms with Gasteiger partial charge in [0.15, 0.2) is 0 Å². The molecule has 0 radical (unpaired) electrons. The van der Waals surface area contributed by atoms with E-state index in [0.29, 0.717) is 19.7 Å². The van der Waals surface area contributed by atoms with Crippen LogP contribution in [0.4, 0.5) is 0 Å². The molecule has 24 heavy (non-hydrogen) atoms. The molecule has 0 saturated carbocycles. The predicted molar refractivity (Wildman–Crippen MR) is 90.8 cm³/mol. The fourth-order valence-corrected chi connectivity index (χ4v) is 3.45. The van der Waals surface area contributed by atoms with Crippen molar-refractivity contribution in [2.24, 2.45) is 5.92 Å². The number of ether oxygens (including phenoxy) is 2. The molecule has 0 bridgehead atoms. The topological polar surface area (TPSA) is 59.0 Å². The second-order valence-electron chi connectivity index (χ2n) is 7.10. The molecule has 1 fully saturated rings. The van der Waals surface area contributed by atoms with Gasteiger partial charge in [-0.3, -0.25) is 4.79 Å². The summed E-state index contributed by atoms with van der Waals surface area (Å²) in [6.07, 6.45) is 2.58. The molecule has 2 aliphatic heterocycles. The fourth-order valence-electron chi connectivity index (χ4n) is 3.45. The Labute approximate surface area is 143 Å². The van der Waals surface area contributed by atoms with Crippen LogP contribution in [0.2, 0.25) is 0 Å². The number of amides is 1. The van der Waals surface area contributed by atoms with E-state index >= 15 is 0 Å². The molecule has 2 heterocycles. The third kappa shape index (κ3) is 3.90. The lowest BCUT2D eigenvalue weighted by Gasteiger charge is -2.33. The van der Waals surface area contributed by atoms with Crippen LogP contribution in [0.1, 0.15) is 37.8 Å². The number of carbonyl (C=O) groups is 1. The van der Waals surface area contributed by atoms with Crippen LogP contribution in [0.5, 0.6) is 5.75 Å². The van der Waals surface area contributed by atoms with Gasteiger partial charge in [-0.05, 0) is 48.4 Å². The highest BCUT2D eigenvalue weighted by Gasteiger charge is 2.31. The lowest BCUT2D eigenvalue weighted by atomic mass is 9.98. The normalized spacial score (nSPS) is 21.8. The third-order valence-corrected chi connectivity index (χ3v) is 4.85. The molecule has 5 nitrogen and oxygen atoms in total. The van der Waals surface area contributed by atoms with Crippen molar-refractivity contribution in [1.82, 2.24) is 4.90 Å². The fraction of sp³-hybridized carbons (Fsp3) is 0.632. The zero-order chi connectivity index (χ0) is 17.1. The van der Waals surface area contributed by atoms with Gasteiger partial charge >= 0.3 is 0 Å². The molecule has 1 aromatic carbocycles. The molecule has 5 heteroatoms. The molecule has 1 N–H and O–H groups in total. The maximum Gasteiger partial charge on any atom is 0.252 e. The molecule has 0 aromatic heterocycles. The molecular weight excluding hydrogens is 306 g/mol. The highest BCUT2D eigenvalue weighted by Crippen LogP contribution is 2.25. The largest absolute Gasteiger partial charge is 0.508 e. The Morgan fingerprint density at radius 3 is 2.96 bits per heavy atom. The molecular formula is C19H27NO4. The average molecular weight is 333 g/mol. The van der Waals surface area contributed by atoms with Crippen molar-refractivity contribution in [3.63, 3.8) is 0 Å². The molecule has 1 aromatic rings. The molecule has 132 valence electrons. The average Bonchev–Trinajstić information content (AvgIpc) is 3.07. The van der Waals surface area contributed by atoms with Crippen molar-refractivity contribution in [2.75, 3.05) is 19.8 Å². The van der Waals surface area contributed by atoms with E-state index in [-0.39, 0.29) is 23.7 Å². The highest BCUT2D eigenvalue weighted by atomic mass is 16.5. The number of phenols is 1. The number of carbonyl (C=O) groups excluding carboxylic acids is 1. The number of nitrogens with zero attached hydrogens (tertiary/aromatic N) is 1. The van der Waals surface area contributed by atoms with Crippen molar-refractivity contribution in [2.45, 2.75) is 51.9 Å². The first kappa shape index (κ1) is 17.2. The third-order valence-electron chi connectivity index (χ3n) is 4.85. The Balaban J connectivity index is 1.64. The summed E-state index contributed by atoms with van der Waals surface area (Å²) in [5, 5.41) is 9.67. The quantitative estimate of drug-likeness (QED) is 0.899. The van der Waals surface area contributed by atoms with Crippen LogP contribution >= 0.6 is 0 Å². The van der Waals surface area contributed by atoms with Crippen LogP contribution in [0.25, 0.3) is 0 Å². The zero-order valence-corrected chi connectivity index (χ0v) is 14.5. The second kappa shape index (κ2) is 7.53. The van der Waals surface area contributed by atoms with Crippen LogP contribution in [0, 0.1) is 5.92 Å². The SMILES string of the molecule is CC(C)C(OCC1CCCO1)C(=O)N1CCc2ccc(O)cc2C1. The number of hydrogen-bond acceptors (Lipinski definition) is 4. The number of rotatable bonds is 5. The first-order chi connectivity index (χ1) is 11.5. The Bertz CT molecular complexity index is 581. The Morgan fingerprint density at radius 1 is 1.42 bits per heavy atom. The number of hydrogen-bond donors (Lipinski definition) is 1.